The van der Waals surface area contributed by atoms with E-state index in [1.165, 1.54) is 10.8 Å². The standard InChI is InChI=1S/C30H25N3O/c1-21-8-3-5-12-26(21)28-16-23(14-15-24(28)17-31)30(29-18-32-20-33(29)2)34-19-25-11-7-10-22-9-4-6-13-27(22)25/h3-16,18,20,30H,19H2,1-2H3. The average Bonchev–Trinajstić information content (AvgIpc) is 3.30. The smallest absolute Gasteiger partial charge is 0.124 e. The van der Waals surface area contributed by atoms with Gasteiger partial charge in [-0.05, 0) is 52.1 Å². The molecule has 1 atom stereocenters. The van der Waals surface area contributed by atoms with Crippen LogP contribution in [0, 0.1) is 18.3 Å². The highest BCUT2D eigenvalue weighted by Crippen LogP contribution is 2.34. The molecule has 0 amide bonds. The van der Waals surface area contributed by atoms with E-state index >= 15 is 0 Å². The molecule has 0 aliphatic heterocycles. The van der Waals surface area contributed by atoms with E-state index < -0.39 is 0 Å². The fraction of sp³-hybridized carbons (Fsp3) is 0.133. The first-order chi connectivity index (χ1) is 16.7. The van der Waals surface area contributed by atoms with E-state index in [-0.39, 0.29) is 6.10 Å². The van der Waals surface area contributed by atoms with Gasteiger partial charge in [0.05, 0.1) is 36.5 Å². The maximum Gasteiger partial charge on any atom is 0.124 e. The van der Waals surface area contributed by atoms with E-state index in [1.54, 1.807) is 6.33 Å². The lowest BCUT2D eigenvalue weighted by Gasteiger charge is -2.21. The van der Waals surface area contributed by atoms with Crippen molar-refractivity contribution in [1.82, 2.24) is 9.55 Å². The van der Waals surface area contributed by atoms with Crippen molar-refractivity contribution in [2.45, 2.75) is 19.6 Å². The molecule has 0 fully saturated rings. The van der Waals surface area contributed by atoms with E-state index in [9.17, 15) is 5.26 Å². The van der Waals surface area contributed by atoms with Crippen molar-refractivity contribution in [2.75, 3.05) is 0 Å². The first-order valence-corrected chi connectivity index (χ1v) is 11.3. The number of hydrogen-bond donors (Lipinski definition) is 0. The third kappa shape index (κ3) is 4.10. The lowest BCUT2D eigenvalue weighted by Crippen LogP contribution is -2.11. The molecule has 0 aliphatic carbocycles. The van der Waals surface area contributed by atoms with Gasteiger partial charge < -0.3 is 9.30 Å². The van der Waals surface area contributed by atoms with Gasteiger partial charge in [0.25, 0.3) is 0 Å². The van der Waals surface area contributed by atoms with Gasteiger partial charge in [-0.3, -0.25) is 0 Å². The molecule has 0 spiro atoms. The third-order valence-corrected chi connectivity index (χ3v) is 6.31. The van der Waals surface area contributed by atoms with Crippen LogP contribution in [0.5, 0.6) is 0 Å². The van der Waals surface area contributed by atoms with Crippen LogP contribution in [-0.2, 0) is 18.4 Å². The molecule has 4 aromatic carbocycles. The Hall–Kier alpha value is -4.20. The zero-order valence-corrected chi connectivity index (χ0v) is 19.3. The Kier molecular flexibility index (Phi) is 5.95. The Balaban J connectivity index is 1.57. The number of benzene rings is 4. The lowest BCUT2D eigenvalue weighted by atomic mass is 9.93. The molecule has 0 saturated heterocycles. The van der Waals surface area contributed by atoms with Gasteiger partial charge in [-0.25, -0.2) is 4.98 Å². The van der Waals surface area contributed by atoms with E-state index in [0.717, 1.165) is 33.5 Å². The van der Waals surface area contributed by atoms with Crippen LogP contribution in [0.4, 0.5) is 0 Å². The van der Waals surface area contributed by atoms with Crippen LogP contribution >= 0.6 is 0 Å². The maximum absolute atomic E-state index is 9.79. The minimum Gasteiger partial charge on any atom is -0.362 e. The van der Waals surface area contributed by atoms with Gasteiger partial charge in [0.15, 0.2) is 0 Å². The second-order valence-electron chi connectivity index (χ2n) is 8.49. The Morgan fingerprint density at radius 2 is 1.74 bits per heavy atom. The molecule has 0 bridgehead atoms. The summed E-state index contributed by atoms with van der Waals surface area (Å²) in [6, 6.07) is 31.1. The second kappa shape index (κ2) is 9.35. The summed E-state index contributed by atoms with van der Waals surface area (Å²) < 4.78 is 8.58. The Morgan fingerprint density at radius 3 is 2.53 bits per heavy atom. The highest BCUT2D eigenvalue weighted by atomic mass is 16.5. The molecule has 0 aliphatic rings. The van der Waals surface area contributed by atoms with Gasteiger partial charge in [-0.2, -0.15) is 5.26 Å². The number of rotatable bonds is 6. The van der Waals surface area contributed by atoms with E-state index in [1.807, 2.05) is 42.1 Å². The average molecular weight is 444 g/mol. The van der Waals surface area contributed by atoms with Crippen molar-refractivity contribution in [2.24, 2.45) is 7.05 Å². The zero-order chi connectivity index (χ0) is 23.5. The molecule has 4 heteroatoms. The summed E-state index contributed by atoms with van der Waals surface area (Å²) in [4.78, 5) is 4.33. The number of aromatic nitrogens is 2. The Bertz CT molecular complexity index is 1500. The molecule has 1 aromatic heterocycles. The minimum atomic E-state index is -0.332. The summed E-state index contributed by atoms with van der Waals surface area (Å²) in [5.41, 5.74) is 6.83. The molecule has 4 nitrogen and oxygen atoms in total. The van der Waals surface area contributed by atoms with Crippen molar-refractivity contribution < 1.29 is 4.74 Å². The quantitative estimate of drug-likeness (QED) is 0.292. The van der Waals surface area contributed by atoms with Gasteiger partial charge in [-0.15, -0.1) is 0 Å². The van der Waals surface area contributed by atoms with Gasteiger partial charge in [0, 0.05) is 12.6 Å². The first kappa shape index (κ1) is 21.6. The van der Waals surface area contributed by atoms with E-state index in [0.29, 0.717) is 12.2 Å². The Labute approximate surface area is 199 Å². The molecule has 0 saturated carbocycles. The van der Waals surface area contributed by atoms with Crippen molar-refractivity contribution in [3.05, 3.63) is 125 Å². The highest BCUT2D eigenvalue weighted by Gasteiger charge is 2.21. The molecule has 0 radical (unpaired) electrons. The Morgan fingerprint density at radius 1 is 0.941 bits per heavy atom. The number of hydrogen-bond acceptors (Lipinski definition) is 3. The van der Waals surface area contributed by atoms with Gasteiger partial charge in [0.1, 0.15) is 6.10 Å². The fourth-order valence-corrected chi connectivity index (χ4v) is 4.48. The number of nitriles is 1. The maximum atomic E-state index is 9.79. The number of imidazole rings is 1. The molecule has 1 heterocycles. The molecular formula is C30H25N3O. The topological polar surface area (TPSA) is 50.8 Å². The van der Waals surface area contributed by atoms with E-state index in [4.69, 9.17) is 4.74 Å². The number of aryl methyl sites for hydroxylation is 2. The van der Waals surface area contributed by atoms with Crippen LogP contribution in [-0.4, -0.2) is 9.55 Å². The van der Waals surface area contributed by atoms with Gasteiger partial charge in [0.2, 0.25) is 0 Å². The summed E-state index contributed by atoms with van der Waals surface area (Å²) in [6.07, 6.45) is 3.30. The first-order valence-electron chi connectivity index (χ1n) is 11.3. The predicted octanol–water partition coefficient (Wildman–Crippen LogP) is 6.73. The van der Waals surface area contributed by atoms with Crippen LogP contribution in [0.15, 0.2) is 97.5 Å². The number of fused-ring (bicyclic) bond motifs is 1. The largest absolute Gasteiger partial charge is 0.362 e. The molecule has 166 valence electrons. The molecule has 0 N–H and O–H groups in total. The molecule has 1 unspecified atom stereocenters. The third-order valence-electron chi connectivity index (χ3n) is 6.31. The van der Waals surface area contributed by atoms with Crippen LogP contribution < -0.4 is 0 Å². The molecular weight excluding hydrogens is 418 g/mol. The van der Waals surface area contributed by atoms with Crippen molar-refractivity contribution in [3.8, 4) is 17.2 Å². The predicted molar refractivity (Wildman–Crippen MR) is 135 cm³/mol. The highest BCUT2D eigenvalue weighted by molar-refractivity contribution is 5.85. The summed E-state index contributed by atoms with van der Waals surface area (Å²) in [6.45, 7) is 2.52. The molecule has 34 heavy (non-hydrogen) atoms. The van der Waals surface area contributed by atoms with Gasteiger partial charge in [-0.1, -0.05) is 72.8 Å². The van der Waals surface area contributed by atoms with Gasteiger partial charge >= 0.3 is 0 Å². The zero-order valence-electron chi connectivity index (χ0n) is 19.3. The van der Waals surface area contributed by atoms with Crippen molar-refractivity contribution in [3.63, 3.8) is 0 Å². The van der Waals surface area contributed by atoms with Crippen LogP contribution in [0.2, 0.25) is 0 Å². The molecule has 5 aromatic rings. The SMILES string of the molecule is Cc1ccccc1-c1cc(C(OCc2cccc3ccccc23)c2cncn2C)ccc1C#N. The van der Waals surface area contributed by atoms with Crippen molar-refractivity contribution >= 4 is 10.8 Å². The van der Waals surface area contributed by atoms with Crippen LogP contribution in [0.25, 0.3) is 21.9 Å². The number of ether oxygens (including phenoxy) is 1. The van der Waals surface area contributed by atoms with Crippen molar-refractivity contribution in [1.29, 1.82) is 5.26 Å². The lowest BCUT2D eigenvalue weighted by molar-refractivity contribution is 0.0629. The van der Waals surface area contributed by atoms with E-state index in [2.05, 4.69) is 78.6 Å². The second-order valence-corrected chi connectivity index (χ2v) is 8.49. The summed E-state index contributed by atoms with van der Waals surface area (Å²) >= 11 is 0. The fourth-order valence-electron chi connectivity index (χ4n) is 4.48. The number of nitrogens with zero attached hydrogens (tertiary/aromatic N) is 3. The summed E-state index contributed by atoms with van der Waals surface area (Å²) in [7, 11) is 1.97. The van der Waals surface area contributed by atoms with Crippen LogP contribution in [0.1, 0.15) is 34.1 Å². The molecule has 5 rings (SSSR count). The minimum absolute atomic E-state index is 0.332. The summed E-state index contributed by atoms with van der Waals surface area (Å²) in [5, 5.41) is 12.2. The normalized spacial score (nSPS) is 11.9. The monoisotopic (exact) mass is 443 g/mol. The summed E-state index contributed by atoms with van der Waals surface area (Å²) in [5.74, 6) is 0. The van der Waals surface area contributed by atoms with Crippen LogP contribution in [0.3, 0.4) is 0 Å².